The molecule has 1 atom stereocenters. The molecule has 2 N–H and O–H groups in total. The SMILES string of the molecule is CCC1(CNC(C(=O)O)C(C)C)CC1. The number of rotatable bonds is 6. The molecule has 1 saturated carbocycles. The molecular formula is C11H21NO2. The molecule has 1 unspecified atom stereocenters. The van der Waals surface area contributed by atoms with E-state index in [0.29, 0.717) is 5.41 Å². The minimum Gasteiger partial charge on any atom is -0.480 e. The summed E-state index contributed by atoms with van der Waals surface area (Å²) in [6.45, 7) is 6.92. The standard InChI is InChI=1S/C11H21NO2/c1-4-11(5-6-11)7-12-9(8(2)3)10(13)14/h8-9,12H,4-7H2,1-3H3,(H,13,14). The zero-order valence-corrected chi connectivity index (χ0v) is 9.34. The van der Waals surface area contributed by atoms with E-state index in [1.165, 1.54) is 12.8 Å². The molecule has 0 radical (unpaired) electrons. The van der Waals surface area contributed by atoms with Crippen LogP contribution in [0.3, 0.4) is 0 Å². The predicted molar refractivity (Wildman–Crippen MR) is 56.2 cm³/mol. The maximum atomic E-state index is 10.9. The molecular weight excluding hydrogens is 178 g/mol. The first kappa shape index (κ1) is 11.5. The summed E-state index contributed by atoms with van der Waals surface area (Å²) in [5, 5.41) is 12.1. The average Bonchev–Trinajstić information content (AvgIpc) is 2.84. The van der Waals surface area contributed by atoms with Gasteiger partial charge in [-0.3, -0.25) is 4.79 Å². The lowest BCUT2D eigenvalue weighted by molar-refractivity contribution is -0.140. The lowest BCUT2D eigenvalue weighted by Gasteiger charge is -2.21. The maximum absolute atomic E-state index is 10.9. The second-order valence-electron chi connectivity index (χ2n) is 4.79. The Labute approximate surface area is 85.9 Å². The zero-order valence-electron chi connectivity index (χ0n) is 9.34. The Morgan fingerprint density at radius 1 is 1.50 bits per heavy atom. The fourth-order valence-corrected chi connectivity index (χ4v) is 1.77. The second-order valence-corrected chi connectivity index (χ2v) is 4.79. The average molecular weight is 199 g/mol. The van der Waals surface area contributed by atoms with Gasteiger partial charge in [-0.25, -0.2) is 0 Å². The third-order valence-corrected chi connectivity index (χ3v) is 3.34. The topological polar surface area (TPSA) is 49.3 Å². The molecule has 1 rings (SSSR count). The highest BCUT2D eigenvalue weighted by atomic mass is 16.4. The van der Waals surface area contributed by atoms with Gasteiger partial charge in [0.15, 0.2) is 0 Å². The van der Waals surface area contributed by atoms with Crippen LogP contribution in [0, 0.1) is 11.3 Å². The van der Waals surface area contributed by atoms with E-state index in [-0.39, 0.29) is 12.0 Å². The normalized spacial score (nSPS) is 20.9. The Balaban J connectivity index is 2.37. The van der Waals surface area contributed by atoms with Crippen LogP contribution in [0.5, 0.6) is 0 Å². The smallest absolute Gasteiger partial charge is 0.320 e. The summed E-state index contributed by atoms with van der Waals surface area (Å²) in [6, 6.07) is -0.390. The molecule has 14 heavy (non-hydrogen) atoms. The first-order valence-electron chi connectivity index (χ1n) is 5.47. The minimum atomic E-state index is -0.730. The van der Waals surface area contributed by atoms with Gasteiger partial charge in [-0.05, 0) is 30.6 Å². The predicted octanol–water partition coefficient (Wildman–Crippen LogP) is 1.88. The van der Waals surface area contributed by atoms with Gasteiger partial charge in [0.25, 0.3) is 0 Å². The summed E-state index contributed by atoms with van der Waals surface area (Å²) < 4.78 is 0. The minimum absolute atomic E-state index is 0.153. The van der Waals surface area contributed by atoms with E-state index in [4.69, 9.17) is 5.11 Å². The van der Waals surface area contributed by atoms with Crippen molar-refractivity contribution in [3.8, 4) is 0 Å². The highest BCUT2D eigenvalue weighted by molar-refractivity contribution is 5.73. The summed E-state index contributed by atoms with van der Waals surface area (Å²) in [4.78, 5) is 10.9. The van der Waals surface area contributed by atoms with Gasteiger partial charge in [-0.2, -0.15) is 0 Å². The molecule has 0 aromatic rings. The quantitative estimate of drug-likeness (QED) is 0.686. The lowest BCUT2D eigenvalue weighted by atomic mass is 10.0. The number of carboxylic acids is 1. The first-order chi connectivity index (χ1) is 6.51. The van der Waals surface area contributed by atoms with Gasteiger partial charge < -0.3 is 10.4 Å². The second kappa shape index (κ2) is 4.30. The van der Waals surface area contributed by atoms with Crippen molar-refractivity contribution in [3.63, 3.8) is 0 Å². The summed E-state index contributed by atoms with van der Waals surface area (Å²) >= 11 is 0. The van der Waals surface area contributed by atoms with E-state index in [9.17, 15) is 4.79 Å². The fourth-order valence-electron chi connectivity index (χ4n) is 1.77. The zero-order chi connectivity index (χ0) is 10.8. The molecule has 0 spiro atoms. The van der Waals surface area contributed by atoms with Gasteiger partial charge in [0.2, 0.25) is 0 Å². The molecule has 1 fully saturated rings. The van der Waals surface area contributed by atoms with Crippen LogP contribution in [-0.4, -0.2) is 23.7 Å². The molecule has 0 bridgehead atoms. The van der Waals surface area contributed by atoms with Crippen molar-refractivity contribution in [1.82, 2.24) is 5.32 Å². The number of hydrogen-bond acceptors (Lipinski definition) is 2. The van der Waals surface area contributed by atoms with Crippen molar-refractivity contribution >= 4 is 5.97 Å². The van der Waals surface area contributed by atoms with Crippen molar-refractivity contribution in [2.75, 3.05) is 6.54 Å². The van der Waals surface area contributed by atoms with E-state index < -0.39 is 5.97 Å². The lowest BCUT2D eigenvalue weighted by Crippen LogP contribution is -2.43. The number of nitrogens with one attached hydrogen (secondary N) is 1. The molecule has 3 nitrogen and oxygen atoms in total. The number of hydrogen-bond donors (Lipinski definition) is 2. The highest BCUT2D eigenvalue weighted by Crippen LogP contribution is 2.47. The molecule has 3 heteroatoms. The largest absolute Gasteiger partial charge is 0.480 e. The van der Waals surface area contributed by atoms with Crippen LogP contribution in [0.25, 0.3) is 0 Å². The molecule has 1 aliphatic carbocycles. The first-order valence-corrected chi connectivity index (χ1v) is 5.47. The Hall–Kier alpha value is -0.570. The molecule has 1 aliphatic rings. The Morgan fingerprint density at radius 2 is 2.07 bits per heavy atom. The maximum Gasteiger partial charge on any atom is 0.320 e. The van der Waals surface area contributed by atoms with E-state index in [1.54, 1.807) is 0 Å². The van der Waals surface area contributed by atoms with Crippen LogP contribution in [-0.2, 0) is 4.79 Å². The number of carbonyl (C=O) groups is 1. The van der Waals surface area contributed by atoms with Crippen molar-refractivity contribution < 1.29 is 9.90 Å². The van der Waals surface area contributed by atoms with Gasteiger partial charge in [-0.1, -0.05) is 20.8 Å². The van der Waals surface area contributed by atoms with Crippen LogP contribution < -0.4 is 5.32 Å². The molecule has 82 valence electrons. The molecule has 0 aromatic carbocycles. The van der Waals surface area contributed by atoms with Crippen molar-refractivity contribution in [3.05, 3.63) is 0 Å². The van der Waals surface area contributed by atoms with Gasteiger partial charge in [-0.15, -0.1) is 0 Å². The Bertz CT molecular complexity index is 209. The van der Waals surface area contributed by atoms with Crippen LogP contribution >= 0.6 is 0 Å². The number of carboxylic acid groups (broad SMARTS) is 1. The molecule has 0 amide bonds. The van der Waals surface area contributed by atoms with Gasteiger partial charge in [0, 0.05) is 6.54 Å². The summed E-state index contributed by atoms with van der Waals surface area (Å²) in [7, 11) is 0. The van der Waals surface area contributed by atoms with Crippen molar-refractivity contribution in [2.45, 2.75) is 46.1 Å². The summed E-state index contributed by atoms with van der Waals surface area (Å²) in [6.07, 6.45) is 3.66. The van der Waals surface area contributed by atoms with Gasteiger partial charge >= 0.3 is 5.97 Å². The monoisotopic (exact) mass is 199 g/mol. The third-order valence-electron chi connectivity index (χ3n) is 3.34. The van der Waals surface area contributed by atoms with Crippen LogP contribution in [0.2, 0.25) is 0 Å². The molecule has 0 heterocycles. The number of aliphatic carboxylic acids is 1. The Morgan fingerprint density at radius 3 is 2.36 bits per heavy atom. The van der Waals surface area contributed by atoms with Crippen LogP contribution in [0.1, 0.15) is 40.0 Å². The van der Waals surface area contributed by atoms with Crippen molar-refractivity contribution in [2.24, 2.45) is 11.3 Å². The molecule has 0 saturated heterocycles. The fraction of sp³-hybridized carbons (Fsp3) is 0.909. The Kier molecular flexibility index (Phi) is 3.53. The van der Waals surface area contributed by atoms with E-state index >= 15 is 0 Å². The van der Waals surface area contributed by atoms with Crippen molar-refractivity contribution in [1.29, 1.82) is 0 Å². The van der Waals surface area contributed by atoms with E-state index in [0.717, 1.165) is 13.0 Å². The highest BCUT2D eigenvalue weighted by Gasteiger charge is 2.41. The van der Waals surface area contributed by atoms with E-state index in [2.05, 4.69) is 12.2 Å². The molecule has 0 aliphatic heterocycles. The van der Waals surface area contributed by atoms with E-state index in [1.807, 2.05) is 13.8 Å². The van der Waals surface area contributed by atoms with Crippen LogP contribution in [0.4, 0.5) is 0 Å². The van der Waals surface area contributed by atoms with Crippen LogP contribution in [0.15, 0.2) is 0 Å². The van der Waals surface area contributed by atoms with Gasteiger partial charge in [0.1, 0.15) is 6.04 Å². The third kappa shape index (κ3) is 2.71. The molecule has 0 aromatic heterocycles. The summed E-state index contributed by atoms with van der Waals surface area (Å²) in [5.74, 6) is -0.577. The van der Waals surface area contributed by atoms with Gasteiger partial charge in [0.05, 0.1) is 0 Å². The summed E-state index contributed by atoms with van der Waals surface area (Å²) in [5.41, 5.74) is 0.419.